The van der Waals surface area contributed by atoms with Crippen LogP contribution >= 0.6 is 0 Å². The molecule has 6 nitrogen and oxygen atoms in total. The van der Waals surface area contributed by atoms with Gasteiger partial charge in [0.1, 0.15) is 5.75 Å². The first-order valence-corrected chi connectivity index (χ1v) is 6.25. The molecule has 0 bridgehead atoms. The first-order chi connectivity index (χ1) is 9.08. The fourth-order valence-electron chi connectivity index (χ4n) is 1.71. The lowest BCUT2D eigenvalue weighted by molar-refractivity contribution is -0.385. The number of nitrogens with zero attached hydrogens (tertiary/aromatic N) is 1. The average molecular weight is 267 g/mol. The van der Waals surface area contributed by atoms with Crippen molar-refractivity contribution < 1.29 is 19.5 Å². The standard InChI is InChI=1S/C13H17NO5/c1-9(15)12-6-11(14(16)17)4-5-13(12)19-8-18-7-10-2-3-10/h4-6,9-10,15H,2-3,7-8H2,1H3. The second-order valence-electron chi connectivity index (χ2n) is 4.73. The van der Waals surface area contributed by atoms with E-state index in [1.54, 1.807) is 0 Å². The summed E-state index contributed by atoms with van der Waals surface area (Å²) in [7, 11) is 0. The highest BCUT2D eigenvalue weighted by atomic mass is 16.7. The Morgan fingerprint density at radius 2 is 2.26 bits per heavy atom. The van der Waals surface area contributed by atoms with Gasteiger partial charge >= 0.3 is 0 Å². The number of non-ortho nitro benzene ring substituents is 1. The normalized spacial score (nSPS) is 16.1. The molecule has 1 aliphatic carbocycles. The molecule has 0 aromatic heterocycles. The van der Waals surface area contributed by atoms with Gasteiger partial charge in [0.25, 0.3) is 5.69 Å². The van der Waals surface area contributed by atoms with Crippen LogP contribution in [-0.4, -0.2) is 23.4 Å². The summed E-state index contributed by atoms with van der Waals surface area (Å²) in [5, 5.41) is 20.3. The summed E-state index contributed by atoms with van der Waals surface area (Å²) >= 11 is 0. The van der Waals surface area contributed by atoms with E-state index in [0.717, 1.165) is 0 Å². The minimum Gasteiger partial charge on any atom is -0.467 e. The van der Waals surface area contributed by atoms with Crippen molar-refractivity contribution >= 4 is 5.69 Å². The topological polar surface area (TPSA) is 81.8 Å². The number of hydrogen-bond donors (Lipinski definition) is 1. The molecule has 0 saturated heterocycles. The predicted octanol–water partition coefficient (Wildman–Crippen LogP) is 2.41. The van der Waals surface area contributed by atoms with Gasteiger partial charge in [-0.2, -0.15) is 0 Å². The predicted molar refractivity (Wildman–Crippen MR) is 67.9 cm³/mol. The Bertz CT molecular complexity index is 456. The summed E-state index contributed by atoms with van der Waals surface area (Å²) in [6, 6.07) is 4.16. The third-order valence-corrected chi connectivity index (χ3v) is 3.00. The van der Waals surface area contributed by atoms with Crippen molar-refractivity contribution in [3.63, 3.8) is 0 Å². The Morgan fingerprint density at radius 1 is 1.53 bits per heavy atom. The van der Waals surface area contributed by atoms with Crippen molar-refractivity contribution in [3.8, 4) is 5.75 Å². The molecule has 1 aliphatic rings. The third kappa shape index (κ3) is 3.90. The number of aliphatic hydroxyl groups excluding tert-OH is 1. The lowest BCUT2D eigenvalue weighted by Gasteiger charge is -2.13. The second-order valence-corrected chi connectivity index (χ2v) is 4.73. The molecule has 6 heteroatoms. The van der Waals surface area contributed by atoms with Crippen LogP contribution in [0.3, 0.4) is 0 Å². The van der Waals surface area contributed by atoms with Crippen LogP contribution in [-0.2, 0) is 4.74 Å². The second kappa shape index (κ2) is 5.99. The molecule has 0 aliphatic heterocycles. The molecule has 0 spiro atoms. The van der Waals surface area contributed by atoms with Crippen LogP contribution in [0.2, 0.25) is 0 Å². The summed E-state index contributed by atoms with van der Waals surface area (Å²) in [6.45, 7) is 2.31. The van der Waals surface area contributed by atoms with Crippen LogP contribution in [0.1, 0.15) is 31.4 Å². The van der Waals surface area contributed by atoms with Crippen LogP contribution < -0.4 is 4.74 Å². The largest absolute Gasteiger partial charge is 0.467 e. The molecule has 1 aromatic carbocycles. The van der Waals surface area contributed by atoms with E-state index >= 15 is 0 Å². The summed E-state index contributed by atoms with van der Waals surface area (Å²) in [6.07, 6.45) is 1.57. The molecular formula is C13H17NO5. The molecule has 0 amide bonds. The van der Waals surface area contributed by atoms with E-state index in [2.05, 4.69) is 0 Å². The first-order valence-electron chi connectivity index (χ1n) is 6.25. The monoisotopic (exact) mass is 267 g/mol. The van der Waals surface area contributed by atoms with Crippen molar-refractivity contribution in [1.82, 2.24) is 0 Å². The number of hydrogen-bond acceptors (Lipinski definition) is 5. The van der Waals surface area contributed by atoms with Gasteiger partial charge in [-0.25, -0.2) is 0 Å². The number of nitro benzene ring substituents is 1. The summed E-state index contributed by atoms with van der Waals surface area (Å²) < 4.78 is 10.7. The fraction of sp³-hybridized carbons (Fsp3) is 0.538. The zero-order chi connectivity index (χ0) is 13.8. The van der Waals surface area contributed by atoms with Gasteiger partial charge in [0.15, 0.2) is 6.79 Å². The van der Waals surface area contributed by atoms with Gasteiger partial charge in [0.05, 0.1) is 17.6 Å². The van der Waals surface area contributed by atoms with Crippen LogP contribution in [0, 0.1) is 16.0 Å². The molecule has 2 rings (SSSR count). The Labute approximate surface area is 111 Å². The number of benzene rings is 1. The molecule has 1 N–H and O–H groups in total. The van der Waals surface area contributed by atoms with Gasteiger partial charge in [0, 0.05) is 17.7 Å². The summed E-state index contributed by atoms with van der Waals surface area (Å²) in [5.41, 5.74) is 0.325. The van der Waals surface area contributed by atoms with Crippen LogP contribution in [0.25, 0.3) is 0 Å². The van der Waals surface area contributed by atoms with Crippen molar-refractivity contribution in [2.24, 2.45) is 5.92 Å². The zero-order valence-corrected chi connectivity index (χ0v) is 10.7. The summed E-state index contributed by atoms with van der Waals surface area (Å²) in [4.78, 5) is 10.2. The van der Waals surface area contributed by atoms with Crippen molar-refractivity contribution in [3.05, 3.63) is 33.9 Å². The lowest BCUT2D eigenvalue weighted by Crippen LogP contribution is -2.07. The summed E-state index contributed by atoms with van der Waals surface area (Å²) in [5.74, 6) is 1.06. The highest BCUT2D eigenvalue weighted by molar-refractivity contribution is 5.44. The maximum absolute atomic E-state index is 10.7. The van der Waals surface area contributed by atoms with Crippen molar-refractivity contribution in [2.45, 2.75) is 25.9 Å². The minimum atomic E-state index is -0.835. The molecule has 104 valence electrons. The number of rotatable bonds is 7. The zero-order valence-electron chi connectivity index (χ0n) is 10.7. The van der Waals surface area contributed by atoms with Crippen LogP contribution in [0.5, 0.6) is 5.75 Å². The third-order valence-electron chi connectivity index (χ3n) is 3.00. The Kier molecular flexibility index (Phi) is 4.34. The van der Waals surface area contributed by atoms with Gasteiger partial charge in [-0.1, -0.05) is 0 Å². The average Bonchev–Trinajstić information content (AvgIpc) is 3.18. The van der Waals surface area contributed by atoms with E-state index < -0.39 is 11.0 Å². The van der Waals surface area contributed by atoms with Crippen LogP contribution in [0.4, 0.5) is 5.69 Å². The molecule has 1 fully saturated rings. The van der Waals surface area contributed by atoms with Gasteiger partial charge in [-0.3, -0.25) is 10.1 Å². The van der Waals surface area contributed by atoms with E-state index in [1.165, 1.54) is 38.0 Å². The molecule has 0 radical (unpaired) electrons. The molecule has 1 atom stereocenters. The molecule has 0 heterocycles. The Hall–Kier alpha value is -1.66. The van der Waals surface area contributed by atoms with Gasteiger partial charge < -0.3 is 14.6 Å². The minimum absolute atomic E-state index is 0.0675. The molecule has 1 unspecified atom stereocenters. The maximum Gasteiger partial charge on any atom is 0.270 e. The highest BCUT2D eigenvalue weighted by Crippen LogP contribution is 2.30. The molecule has 19 heavy (non-hydrogen) atoms. The van der Waals surface area contributed by atoms with E-state index in [4.69, 9.17) is 9.47 Å². The Balaban J connectivity index is 1.98. The number of ether oxygens (including phenoxy) is 2. The van der Waals surface area contributed by atoms with Gasteiger partial charge in [-0.05, 0) is 31.7 Å². The molecule has 1 aromatic rings. The maximum atomic E-state index is 10.7. The SMILES string of the molecule is CC(O)c1cc([N+](=O)[O-])ccc1OCOCC1CC1. The number of nitro groups is 1. The molecule has 1 saturated carbocycles. The molecular weight excluding hydrogens is 250 g/mol. The van der Waals surface area contributed by atoms with E-state index in [9.17, 15) is 15.2 Å². The number of aliphatic hydroxyl groups is 1. The fourth-order valence-corrected chi connectivity index (χ4v) is 1.71. The smallest absolute Gasteiger partial charge is 0.270 e. The van der Waals surface area contributed by atoms with Crippen molar-refractivity contribution in [2.75, 3.05) is 13.4 Å². The first kappa shape index (κ1) is 13.8. The van der Waals surface area contributed by atoms with Crippen LogP contribution in [0.15, 0.2) is 18.2 Å². The van der Waals surface area contributed by atoms with Gasteiger partial charge in [-0.15, -0.1) is 0 Å². The van der Waals surface area contributed by atoms with E-state index in [1.807, 2.05) is 0 Å². The van der Waals surface area contributed by atoms with E-state index in [-0.39, 0.29) is 12.5 Å². The highest BCUT2D eigenvalue weighted by Gasteiger charge is 2.21. The lowest BCUT2D eigenvalue weighted by atomic mass is 10.1. The van der Waals surface area contributed by atoms with Crippen molar-refractivity contribution in [1.29, 1.82) is 0 Å². The van der Waals surface area contributed by atoms with Gasteiger partial charge in [0.2, 0.25) is 0 Å². The Morgan fingerprint density at radius 3 is 2.84 bits per heavy atom. The van der Waals surface area contributed by atoms with E-state index in [0.29, 0.717) is 23.8 Å². The quantitative estimate of drug-likeness (QED) is 0.355.